The minimum absolute atomic E-state index is 0. The number of aliphatic imine (C=N–C) groups is 1. The maximum atomic E-state index is 12.2. The van der Waals surface area contributed by atoms with Gasteiger partial charge in [0.25, 0.3) is 0 Å². The highest BCUT2D eigenvalue weighted by molar-refractivity contribution is 14.0. The van der Waals surface area contributed by atoms with Gasteiger partial charge in [-0.3, -0.25) is 4.99 Å². The lowest BCUT2D eigenvalue weighted by Crippen LogP contribution is -2.39. The third-order valence-electron chi connectivity index (χ3n) is 4.74. The van der Waals surface area contributed by atoms with Gasteiger partial charge in [-0.2, -0.15) is 0 Å². The number of fused-ring (bicyclic) bond motifs is 1. The Morgan fingerprint density at radius 2 is 1.70 bits per heavy atom. The summed E-state index contributed by atoms with van der Waals surface area (Å²) in [4.78, 5) is 7.49. The van der Waals surface area contributed by atoms with E-state index in [2.05, 4.69) is 32.7 Å². The Hall–Kier alpha value is -2.07. The molecule has 0 atom stereocenters. The number of sulfone groups is 1. The highest BCUT2D eigenvalue weighted by Gasteiger charge is 2.11. The van der Waals surface area contributed by atoms with Crippen LogP contribution in [0.5, 0.6) is 0 Å². The van der Waals surface area contributed by atoms with Gasteiger partial charge in [0.15, 0.2) is 15.8 Å². The predicted octanol–water partition coefficient (Wildman–Crippen LogP) is 3.50. The van der Waals surface area contributed by atoms with E-state index < -0.39 is 9.84 Å². The van der Waals surface area contributed by atoms with Crippen LogP contribution in [-0.2, 0) is 22.0 Å². The van der Waals surface area contributed by atoms with E-state index in [0.29, 0.717) is 18.9 Å². The van der Waals surface area contributed by atoms with Crippen LogP contribution in [0.2, 0.25) is 0 Å². The molecule has 0 unspecified atom stereocenters. The van der Waals surface area contributed by atoms with Crippen LogP contribution in [0.15, 0.2) is 65.8 Å². The molecule has 8 heteroatoms. The second kappa shape index (κ2) is 11.9. The van der Waals surface area contributed by atoms with Crippen LogP contribution in [0.4, 0.5) is 0 Å². The Bertz CT molecular complexity index is 1050. The molecule has 0 bridgehead atoms. The molecule has 0 aliphatic carbocycles. The van der Waals surface area contributed by atoms with Gasteiger partial charge in [-0.25, -0.2) is 8.42 Å². The molecule has 0 fully saturated rings. The standard InChI is InChI=1S/C22H28N4O2S.HI/c1-23-22(25-14-12-19-16-26-21-11-6-5-10-20(19)21)24-13-7-15-29(27,28)17-18-8-3-2-4-9-18;/h2-6,8-11,16,26H,7,12-15,17H2,1H3,(H2,23,24,25);1H. The number of benzene rings is 2. The summed E-state index contributed by atoms with van der Waals surface area (Å²) in [7, 11) is -1.39. The van der Waals surface area contributed by atoms with Crippen molar-refractivity contribution in [3.05, 3.63) is 71.9 Å². The SMILES string of the molecule is CN=C(NCCCS(=O)(=O)Cc1ccccc1)NCCc1c[nH]c2ccccc12.I. The van der Waals surface area contributed by atoms with Gasteiger partial charge in [0.05, 0.1) is 11.5 Å². The van der Waals surface area contributed by atoms with Crippen molar-refractivity contribution < 1.29 is 8.42 Å². The summed E-state index contributed by atoms with van der Waals surface area (Å²) in [5.41, 5.74) is 3.23. The molecular weight excluding hydrogens is 511 g/mol. The minimum Gasteiger partial charge on any atom is -0.361 e. The summed E-state index contributed by atoms with van der Waals surface area (Å²) in [6.07, 6.45) is 3.45. The van der Waals surface area contributed by atoms with Gasteiger partial charge in [-0.1, -0.05) is 48.5 Å². The van der Waals surface area contributed by atoms with Crippen LogP contribution in [-0.4, -0.2) is 45.3 Å². The average Bonchev–Trinajstić information content (AvgIpc) is 3.13. The van der Waals surface area contributed by atoms with Crippen LogP contribution in [0.25, 0.3) is 10.9 Å². The number of H-pyrrole nitrogens is 1. The van der Waals surface area contributed by atoms with E-state index in [1.165, 1.54) is 10.9 Å². The molecule has 30 heavy (non-hydrogen) atoms. The molecule has 1 aromatic heterocycles. The van der Waals surface area contributed by atoms with Gasteiger partial charge in [0.2, 0.25) is 0 Å². The lowest BCUT2D eigenvalue weighted by Gasteiger charge is -2.12. The maximum Gasteiger partial charge on any atom is 0.190 e. The van der Waals surface area contributed by atoms with E-state index in [4.69, 9.17) is 0 Å². The number of aromatic nitrogens is 1. The second-order valence-corrected chi connectivity index (χ2v) is 9.15. The van der Waals surface area contributed by atoms with Crippen molar-refractivity contribution in [3.8, 4) is 0 Å². The monoisotopic (exact) mass is 540 g/mol. The summed E-state index contributed by atoms with van der Waals surface area (Å²) in [6, 6.07) is 17.5. The Balaban J connectivity index is 0.00000320. The Morgan fingerprint density at radius 3 is 2.47 bits per heavy atom. The lowest BCUT2D eigenvalue weighted by molar-refractivity contribution is 0.591. The van der Waals surface area contributed by atoms with Crippen molar-refractivity contribution in [3.63, 3.8) is 0 Å². The molecule has 3 rings (SSSR count). The molecular formula is C22H29IN4O2S. The molecule has 1 heterocycles. The van der Waals surface area contributed by atoms with Crippen LogP contribution in [0, 0.1) is 0 Å². The van der Waals surface area contributed by atoms with Gasteiger partial charge in [0, 0.05) is 37.2 Å². The minimum atomic E-state index is -3.11. The molecule has 6 nitrogen and oxygen atoms in total. The van der Waals surface area contributed by atoms with E-state index in [1.807, 2.05) is 48.7 Å². The summed E-state index contributed by atoms with van der Waals surface area (Å²) >= 11 is 0. The second-order valence-electron chi connectivity index (χ2n) is 6.97. The quantitative estimate of drug-likeness (QED) is 0.168. The van der Waals surface area contributed by atoms with Crippen LogP contribution < -0.4 is 10.6 Å². The molecule has 0 radical (unpaired) electrons. The molecule has 3 aromatic rings. The summed E-state index contributed by atoms with van der Waals surface area (Å²) < 4.78 is 24.5. The number of nitrogens with zero attached hydrogens (tertiary/aromatic N) is 1. The van der Waals surface area contributed by atoms with Crippen molar-refractivity contribution in [1.29, 1.82) is 0 Å². The van der Waals surface area contributed by atoms with E-state index in [9.17, 15) is 8.42 Å². The fourth-order valence-corrected chi connectivity index (χ4v) is 4.70. The Labute approximate surface area is 195 Å². The molecule has 0 aliphatic rings. The normalized spacial score (nSPS) is 11.8. The van der Waals surface area contributed by atoms with Crippen LogP contribution in [0.3, 0.4) is 0 Å². The molecule has 0 spiro atoms. The number of rotatable bonds is 9. The number of para-hydroxylation sites is 1. The molecule has 0 saturated carbocycles. The fraction of sp³-hybridized carbons (Fsp3) is 0.318. The zero-order valence-electron chi connectivity index (χ0n) is 17.1. The first-order valence-corrected chi connectivity index (χ1v) is 11.6. The fourth-order valence-electron chi connectivity index (χ4n) is 3.27. The van der Waals surface area contributed by atoms with Gasteiger partial charge in [0.1, 0.15) is 0 Å². The van der Waals surface area contributed by atoms with Crippen molar-refractivity contribution in [2.75, 3.05) is 25.9 Å². The molecule has 0 aliphatic heterocycles. The molecule has 0 saturated heterocycles. The Morgan fingerprint density at radius 1 is 1.00 bits per heavy atom. The van der Waals surface area contributed by atoms with Crippen molar-refractivity contribution in [2.24, 2.45) is 4.99 Å². The summed E-state index contributed by atoms with van der Waals surface area (Å²) in [5.74, 6) is 0.928. The average molecular weight is 540 g/mol. The topological polar surface area (TPSA) is 86.3 Å². The highest BCUT2D eigenvalue weighted by Crippen LogP contribution is 2.17. The van der Waals surface area contributed by atoms with Gasteiger partial charge < -0.3 is 15.6 Å². The van der Waals surface area contributed by atoms with Gasteiger partial charge >= 0.3 is 0 Å². The third kappa shape index (κ3) is 7.32. The van der Waals surface area contributed by atoms with Crippen LogP contribution in [0.1, 0.15) is 17.5 Å². The Kier molecular flexibility index (Phi) is 9.64. The summed E-state index contributed by atoms with van der Waals surface area (Å²) in [5, 5.41) is 7.71. The third-order valence-corrected chi connectivity index (χ3v) is 6.42. The van der Waals surface area contributed by atoms with Gasteiger partial charge in [-0.05, 0) is 30.0 Å². The number of nitrogens with one attached hydrogen (secondary N) is 3. The van der Waals surface area contributed by atoms with Gasteiger partial charge in [-0.15, -0.1) is 24.0 Å². The zero-order valence-corrected chi connectivity index (χ0v) is 20.2. The van der Waals surface area contributed by atoms with Crippen molar-refractivity contribution in [1.82, 2.24) is 15.6 Å². The lowest BCUT2D eigenvalue weighted by atomic mass is 10.1. The van der Waals surface area contributed by atoms with Crippen molar-refractivity contribution in [2.45, 2.75) is 18.6 Å². The van der Waals surface area contributed by atoms with Crippen LogP contribution >= 0.6 is 24.0 Å². The first-order chi connectivity index (χ1) is 14.1. The zero-order chi connectivity index (χ0) is 20.5. The molecule has 0 amide bonds. The predicted molar refractivity (Wildman–Crippen MR) is 135 cm³/mol. The van der Waals surface area contributed by atoms with E-state index in [0.717, 1.165) is 24.0 Å². The number of hydrogen-bond acceptors (Lipinski definition) is 3. The molecule has 3 N–H and O–H groups in total. The first kappa shape index (κ1) is 24.2. The number of aromatic amines is 1. The van der Waals surface area contributed by atoms with Crippen molar-refractivity contribution >= 4 is 50.7 Å². The highest BCUT2D eigenvalue weighted by atomic mass is 127. The molecule has 2 aromatic carbocycles. The largest absolute Gasteiger partial charge is 0.361 e. The molecule has 162 valence electrons. The van der Waals surface area contributed by atoms with E-state index >= 15 is 0 Å². The maximum absolute atomic E-state index is 12.2. The smallest absolute Gasteiger partial charge is 0.190 e. The van der Waals surface area contributed by atoms with E-state index in [1.54, 1.807) is 7.05 Å². The number of halogens is 1. The number of hydrogen-bond donors (Lipinski definition) is 3. The number of guanidine groups is 1. The van der Waals surface area contributed by atoms with E-state index in [-0.39, 0.29) is 35.5 Å². The summed E-state index contributed by atoms with van der Waals surface area (Å²) in [6.45, 7) is 1.30. The first-order valence-electron chi connectivity index (χ1n) is 9.81.